The van der Waals surface area contributed by atoms with Crippen molar-refractivity contribution in [1.82, 2.24) is 0 Å². The minimum atomic E-state index is 0.390. The van der Waals surface area contributed by atoms with Crippen LogP contribution in [-0.4, -0.2) is 0 Å². The molecule has 0 heterocycles. The number of halogens is 1. The predicted octanol–water partition coefficient (Wildman–Crippen LogP) is 6.52. The Bertz CT molecular complexity index is 455. The molecule has 7 atom stereocenters. The van der Waals surface area contributed by atoms with Gasteiger partial charge in [0, 0.05) is 0 Å². The summed E-state index contributed by atoms with van der Waals surface area (Å²) in [6.07, 6.45) is 16.9. The van der Waals surface area contributed by atoms with Gasteiger partial charge in [-0.05, 0) is 91.8 Å². The van der Waals surface area contributed by atoms with E-state index in [1.807, 2.05) is 6.08 Å². The van der Waals surface area contributed by atoms with E-state index >= 15 is 0 Å². The summed E-state index contributed by atoms with van der Waals surface area (Å²) in [5.41, 5.74) is 1.03. The Hall–Kier alpha value is -0.330. The van der Waals surface area contributed by atoms with E-state index < -0.39 is 0 Å². The maximum atomic E-state index is 12.8. The SMILES string of the molecule is C[C@]12CCCC[C@@H]1CC[C@@H]1[C@@H]2CC[C@]2(C)[C@@H](/C=C/F)CC[C@@H]12. The van der Waals surface area contributed by atoms with Crippen LogP contribution >= 0.6 is 0 Å². The van der Waals surface area contributed by atoms with Gasteiger partial charge in [-0.15, -0.1) is 0 Å². The fraction of sp³-hybridized carbons (Fsp3) is 0.905. The number of rotatable bonds is 1. The lowest BCUT2D eigenvalue weighted by Gasteiger charge is -2.60. The van der Waals surface area contributed by atoms with Crippen LogP contribution in [0.2, 0.25) is 0 Å². The van der Waals surface area contributed by atoms with Crippen molar-refractivity contribution in [3.8, 4) is 0 Å². The smallest absolute Gasteiger partial charge is 0.0830 e. The van der Waals surface area contributed by atoms with E-state index in [1.165, 1.54) is 64.2 Å². The van der Waals surface area contributed by atoms with Crippen molar-refractivity contribution in [2.24, 2.45) is 40.4 Å². The first kappa shape index (κ1) is 15.2. The maximum absolute atomic E-state index is 12.8. The zero-order valence-electron chi connectivity index (χ0n) is 14.5. The highest BCUT2D eigenvalue weighted by atomic mass is 19.1. The molecule has 0 bridgehead atoms. The molecule has 124 valence electrons. The summed E-state index contributed by atoms with van der Waals surface area (Å²) in [5.74, 6) is 4.29. The molecule has 4 aliphatic carbocycles. The number of hydrogen-bond donors (Lipinski definition) is 0. The largest absolute Gasteiger partial charge is 0.216 e. The topological polar surface area (TPSA) is 0 Å². The van der Waals surface area contributed by atoms with Crippen LogP contribution in [-0.2, 0) is 0 Å². The summed E-state index contributed by atoms with van der Waals surface area (Å²) in [6.45, 7) is 5.13. The molecule has 0 radical (unpaired) electrons. The van der Waals surface area contributed by atoms with Gasteiger partial charge in [-0.25, -0.2) is 4.39 Å². The molecular weight excluding hydrogens is 271 g/mol. The van der Waals surface area contributed by atoms with Crippen molar-refractivity contribution in [2.75, 3.05) is 0 Å². The molecule has 0 aromatic carbocycles. The maximum Gasteiger partial charge on any atom is 0.0830 e. The Morgan fingerprint density at radius 1 is 0.818 bits per heavy atom. The monoisotopic (exact) mass is 304 g/mol. The summed E-state index contributed by atoms with van der Waals surface area (Å²) < 4.78 is 12.8. The van der Waals surface area contributed by atoms with E-state index in [0.29, 0.717) is 16.7 Å². The lowest BCUT2D eigenvalue weighted by molar-refractivity contribution is -0.107. The molecule has 0 amide bonds. The van der Waals surface area contributed by atoms with Crippen LogP contribution in [0.4, 0.5) is 4.39 Å². The Labute approximate surface area is 135 Å². The van der Waals surface area contributed by atoms with Crippen LogP contribution < -0.4 is 0 Å². The van der Waals surface area contributed by atoms with Crippen LogP contribution in [0.5, 0.6) is 0 Å². The third kappa shape index (κ3) is 1.99. The average Bonchev–Trinajstić information content (AvgIpc) is 2.84. The molecule has 4 aliphatic rings. The van der Waals surface area contributed by atoms with E-state index in [4.69, 9.17) is 0 Å². The van der Waals surface area contributed by atoms with E-state index in [2.05, 4.69) is 13.8 Å². The van der Waals surface area contributed by atoms with Crippen molar-refractivity contribution < 1.29 is 4.39 Å². The van der Waals surface area contributed by atoms with E-state index in [-0.39, 0.29) is 0 Å². The van der Waals surface area contributed by atoms with Crippen LogP contribution in [0.15, 0.2) is 12.4 Å². The molecule has 0 saturated heterocycles. The van der Waals surface area contributed by atoms with Gasteiger partial charge in [0.05, 0.1) is 6.33 Å². The zero-order valence-corrected chi connectivity index (χ0v) is 14.5. The summed E-state index contributed by atoms with van der Waals surface area (Å²) in [4.78, 5) is 0. The molecule has 0 aromatic heterocycles. The molecule has 0 spiro atoms. The molecule has 0 unspecified atom stereocenters. The molecule has 4 saturated carbocycles. The van der Waals surface area contributed by atoms with Crippen molar-refractivity contribution in [1.29, 1.82) is 0 Å². The second-order valence-corrected chi connectivity index (χ2v) is 9.45. The van der Waals surface area contributed by atoms with Gasteiger partial charge >= 0.3 is 0 Å². The summed E-state index contributed by atoms with van der Waals surface area (Å²) in [5, 5.41) is 0. The van der Waals surface area contributed by atoms with Gasteiger partial charge in [0.15, 0.2) is 0 Å². The molecule has 0 nitrogen and oxygen atoms in total. The molecular formula is C21H33F. The lowest BCUT2D eigenvalue weighted by atomic mass is 9.45. The third-order valence-electron chi connectivity index (χ3n) is 8.96. The highest BCUT2D eigenvalue weighted by Gasteiger charge is 2.59. The fourth-order valence-corrected chi connectivity index (χ4v) is 7.74. The quantitative estimate of drug-likeness (QED) is 0.517. The first-order valence-corrected chi connectivity index (χ1v) is 9.86. The standard InChI is InChI=1S/C21H33F/c1-20-12-4-3-5-15(20)6-8-17-18-9-7-16(11-14-22)21(18,2)13-10-19(17)20/h11,14-19H,3-10,12-13H2,1-2H3/b14-11+/t15-,16-,17+,18+,19+,20+,21-/m1/s1. The lowest BCUT2D eigenvalue weighted by Crippen LogP contribution is -2.52. The third-order valence-corrected chi connectivity index (χ3v) is 8.96. The Balaban J connectivity index is 1.62. The number of allylic oxidation sites excluding steroid dienone is 1. The average molecular weight is 304 g/mol. The van der Waals surface area contributed by atoms with Crippen LogP contribution in [0, 0.1) is 40.4 Å². The van der Waals surface area contributed by atoms with Gasteiger partial charge in [0.1, 0.15) is 0 Å². The Morgan fingerprint density at radius 3 is 2.45 bits per heavy atom. The number of fused-ring (bicyclic) bond motifs is 5. The molecule has 0 N–H and O–H groups in total. The fourth-order valence-electron chi connectivity index (χ4n) is 7.74. The molecule has 4 fully saturated rings. The van der Waals surface area contributed by atoms with E-state index in [0.717, 1.165) is 30.0 Å². The zero-order chi connectivity index (χ0) is 15.4. The number of hydrogen-bond acceptors (Lipinski definition) is 0. The molecule has 0 aliphatic heterocycles. The van der Waals surface area contributed by atoms with Gasteiger partial charge in [-0.3, -0.25) is 0 Å². The highest BCUT2D eigenvalue weighted by Crippen LogP contribution is 2.67. The van der Waals surface area contributed by atoms with Gasteiger partial charge in [-0.2, -0.15) is 0 Å². The minimum absolute atomic E-state index is 0.390. The summed E-state index contributed by atoms with van der Waals surface area (Å²) >= 11 is 0. The molecule has 1 heteroatoms. The van der Waals surface area contributed by atoms with Crippen molar-refractivity contribution in [3.05, 3.63) is 12.4 Å². The van der Waals surface area contributed by atoms with Crippen molar-refractivity contribution in [3.63, 3.8) is 0 Å². The van der Waals surface area contributed by atoms with Gasteiger partial charge in [0.25, 0.3) is 0 Å². The van der Waals surface area contributed by atoms with Gasteiger partial charge in [0.2, 0.25) is 0 Å². The van der Waals surface area contributed by atoms with Crippen molar-refractivity contribution >= 4 is 0 Å². The minimum Gasteiger partial charge on any atom is -0.216 e. The molecule has 22 heavy (non-hydrogen) atoms. The first-order valence-electron chi connectivity index (χ1n) is 9.86. The van der Waals surface area contributed by atoms with E-state index in [9.17, 15) is 4.39 Å². The second-order valence-electron chi connectivity index (χ2n) is 9.45. The van der Waals surface area contributed by atoms with Crippen molar-refractivity contribution in [2.45, 2.75) is 78.1 Å². The van der Waals surface area contributed by atoms with Gasteiger partial charge < -0.3 is 0 Å². The highest BCUT2D eigenvalue weighted by molar-refractivity contribution is 5.11. The van der Waals surface area contributed by atoms with E-state index in [1.54, 1.807) is 0 Å². The molecule has 4 rings (SSSR count). The normalized spacial score (nSPS) is 54.8. The van der Waals surface area contributed by atoms with Crippen LogP contribution in [0.25, 0.3) is 0 Å². The Morgan fingerprint density at radius 2 is 1.64 bits per heavy atom. The van der Waals surface area contributed by atoms with Crippen LogP contribution in [0.1, 0.15) is 78.1 Å². The van der Waals surface area contributed by atoms with Gasteiger partial charge in [-0.1, -0.05) is 32.8 Å². The van der Waals surface area contributed by atoms with Crippen LogP contribution in [0.3, 0.4) is 0 Å². The molecule has 0 aromatic rings. The first-order chi connectivity index (χ1) is 10.6. The second kappa shape index (κ2) is 5.35. The Kier molecular flexibility index (Phi) is 3.70. The predicted molar refractivity (Wildman–Crippen MR) is 90.1 cm³/mol. The summed E-state index contributed by atoms with van der Waals surface area (Å²) in [7, 11) is 0. The summed E-state index contributed by atoms with van der Waals surface area (Å²) in [6, 6.07) is 0.